The van der Waals surface area contributed by atoms with Gasteiger partial charge in [-0.25, -0.2) is 4.79 Å². The molecule has 17 heavy (non-hydrogen) atoms. The van der Waals surface area contributed by atoms with Gasteiger partial charge in [-0.05, 0) is 62.6 Å². The second-order valence-corrected chi connectivity index (χ2v) is 5.86. The fourth-order valence-corrected chi connectivity index (χ4v) is 0.543. The summed E-state index contributed by atoms with van der Waals surface area (Å²) in [6.07, 6.45) is -0.354. The van der Waals surface area contributed by atoms with Crippen LogP contribution in [0.4, 0.5) is 4.79 Å². The molecule has 0 aromatic rings. The summed E-state index contributed by atoms with van der Waals surface area (Å²) in [6.45, 7) is 13.6. The highest BCUT2D eigenvalue weighted by Gasteiger charge is 2.15. The Balaban J connectivity index is 0. The number of hydrogen-bond acceptors (Lipinski definition) is 3. The van der Waals surface area contributed by atoms with Crippen LogP contribution < -0.4 is 5.32 Å². The van der Waals surface area contributed by atoms with Gasteiger partial charge >= 0.3 is 6.09 Å². The Hall–Kier alpha value is -0.770. The third kappa shape index (κ3) is 17.8. The van der Waals surface area contributed by atoms with E-state index in [1.165, 1.54) is 0 Å². The molecule has 0 rings (SSSR count). The van der Waals surface area contributed by atoms with Crippen molar-refractivity contribution in [1.82, 2.24) is 10.2 Å². The van der Waals surface area contributed by atoms with E-state index in [9.17, 15) is 4.79 Å². The van der Waals surface area contributed by atoms with E-state index in [1.54, 1.807) is 0 Å². The highest BCUT2D eigenvalue weighted by Crippen LogP contribution is 2.06. The van der Waals surface area contributed by atoms with Crippen LogP contribution in [0.3, 0.4) is 0 Å². The number of nitrogens with one attached hydrogen (secondary N) is 1. The molecule has 0 bridgehead atoms. The van der Waals surface area contributed by atoms with Gasteiger partial charge in [-0.15, -0.1) is 0 Å². The van der Waals surface area contributed by atoms with Gasteiger partial charge in [0.05, 0.1) is 0 Å². The van der Waals surface area contributed by atoms with Crippen molar-refractivity contribution in [3.05, 3.63) is 0 Å². The quantitative estimate of drug-likeness (QED) is 0.814. The summed E-state index contributed by atoms with van der Waals surface area (Å²) in [5.41, 5.74) is -0.404. The molecule has 1 N–H and O–H groups in total. The van der Waals surface area contributed by atoms with Gasteiger partial charge in [0.2, 0.25) is 0 Å². The molecule has 4 heteroatoms. The molecule has 0 aromatic heterocycles. The lowest BCUT2D eigenvalue weighted by molar-refractivity contribution is 0.0512. The van der Waals surface area contributed by atoms with Crippen molar-refractivity contribution in [2.45, 2.75) is 66.2 Å². The zero-order chi connectivity index (χ0) is 14.2. The molecule has 0 saturated carbocycles. The highest BCUT2D eigenvalue weighted by molar-refractivity contribution is 5.67. The van der Waals surface area contributed by atoms with Crippen molar-refractivity contribution in [2.75, 3.05) is 14.1 Å². The van der Waals surface area contributed by atoms with Crippen molar-refractivity contribution in [1.29, 1.82) is 0 Å². The third-order valence-corrected chi connectivity index (χ3v) is 1.84. The van der Waals surface area contributed by atoms with Gasteiger partial charge in [-0.3, -0.25) is 0 Å². The zero-order valence-corrected chi connectivity index (χ0v) is 12.9. The molecule has 0 aliphatic rings. The number of hydrogen-bond donors (Lipinski definition) is 1. The Bertz CT molecular complexity index is 200. The highest BCUT2D eigenvalue weighted by atomic mass is 16.6. The Morgan fingerprint density at radius 2 is 1.47 bits per heavy atom. The molecule has 0 aliphatic carbocycles. The minimum atomic E-state index is -0.404. The number of carbonyl (C=O) groups excluding carboxylic acids is 1. The van der Waals surface area contributed by atoms with Gasteiger partial charge in [0.1, 0.15) is 5.60 Å². The Morgan fingerprint density at radius 1 is 1.12 bits per heavy atom. The topological polar surface area (TPSA) is 41.6 Å². The maximum Gasteiger partial charge on any atom is 0.407 e. The average molecular weight is 246 g/mol. The van der Waals surface area contributed by atoms with Crippen LogP contribution in [0.2, 0.25) is 0 Å². The van der Waals surface area contributed by atoms with Crippen molar-refractivity contribution in [2.24, 2.45) is 0 Å². The molecule has 0 aliphatic heterocycles. The maximum atomic E-state index is 10.9. The molecule has 0 radical (unpaired) electrons. The zero-order valence-electron chi connectivity index (χ0n) is 12.9. The summed E-state index contributed by atoms with van der Waals surface area (Å²) in [7, 11) is 4.15. The summed E-state index contributed by atoms with van der Waals surface area (Å²) in [5.74, 6) is 0. The molecule has 0 saturated heterocycles. The average Bonchev–Trinajstić information content (AvgIpc) is 1.98. The number of nitrogens with zero attached hydrogens (tertiary/aromatic N) is 1. The molecule has 104 valence electrons. The predicted octanol–water partition coefficient (Wildman–Crippen LogP) is 2.88. The van der Waals surface area contributed by atoms with Crippen molar-refractivity contribution < 1.29 is 9.53 Å². The first-order chi connectivity index (χ1) is 7.45. The molecule has 0 heterocycles. The van der Waals surface area contributed by atoms with Crippen LogP contribution in [0.5, 0.6) is 0 Å². The molecule has 0 aromatic carbocycles. The second kappa shape index (κ2) is 8.34. The van der Waals surface area contributed by atoms with Gasteiger partial charge in [-0.2, -0.15) is 0 Å². The van der Waals surface area contributed by atoms with Gasteiger partial charge < -0.3 is 15.0 Å². The fourth-order valence-electron chi connectivity index (χ4n) is 0.543. The summed E-state index contributed by atoms with van der Waals surface area (Å²) in [6, 6.07) is 0.815. The van der Waals surface area contributed by atoms with Crippen LogP contribution in [0.1, 0.15) is 48.5 Å². The first-order valence-corrected chi connectivity index (χ1v) is 6.11. The lowest BCUT2D eigenvalue weighted by Gasteiger charge is -2.20. The minimum absolute atomic E-state index is 0.129. The summed E-state index contributed by atoms with van der Waals surface area (Å²) >= 11 is 0. The number of amides is 1. The summed E-state index contributed by atoms with van der Waals surface area (Å²) in [5, 5.41) is 2.64. The first kappa shape index (κ1) is 18.6. The van der Waals surface area contributed by atoms with E-state index in [4.69, 9.17) is 4.74 Å². The maximum absolute atomic E-state index is 10.9. The fraction of sp³-hybridized carbons (Fsp3) is 0.923. The molecule has 0 spiro atoms. The summed E-state index contributed by atoms with van der Waals surface area (Å²) < 4.78 is 5.00. The van der Waals surface area contributed by atoms with E-state index >= 15 is 0 Å². The van der Waals surface area contributed by atoms with E-state index in [0.29, 0.717) is 6.04 Å². The van der Waals surface area contributed by atoms with E-state index in [2.05, 4.69) is 38.2 Å². The third-order valence-electron chi connectivity index (χ3n) is 1.84. The van der Waals surface area contributed by atoms with E-state index in [0.717, 1.165) is 0 Å². The van der Waals surface area contributed by atoms with Crippen LogP contribution >= 0.6 is 0 Å². The Labute approximate surface area is 107 Å². The lowest BCUT2D eigenvalue weighted by atomic mass is 10.2. The summed E-state index contributed by atoms with van der Waals surface area (Å²) in [4.78, 5) is 13.1. The van der Waals surface area contributed by atoms with Crippen LogP contribution in [-0.2, 0) is 4.74 Å². The number of carbonyl (C=O) groups is 1. The number of alkyl carbamates (subject to hydrolysis) is 1. The predicted molar refractivity (Wildman–Crippen MR) is 73.3 cm³/mol. The van der Waals surface area contributed by atoms with Gasteiger partial charge in [0.25, 0.3) is 0 Å². The largest absolute Gasteiger partial charge is 0.444 e. The van der Waals surface area contributed by atoms with Crippen LogP contribution in [-0.4, -0.2) is 42.8 Å². The number of rotatable bonds is 2. The molecular weight excluding hydrogens is 216 g/mol. The smallest absolute Gasteiger partial charge is 0.407 e. The van der Waals surface area contributed by atoms with E-state index in [1.807, 2.05) is 34.6 Å². The van der Waals surface area contributed by atoms with Crippen LogP contribution in [0, 0.1) is 0 Å². The van der Waals surface area contributed by atoms with Gasteiger partial charge in [0.15, 0.2) is 0 Å². The Morgan fingerprint density at radius 3 is 1.65 bits per heavy atom. The molecule has 1 amide bonds. The van der Waals surface area contributed by atoms with Crippen LogP contribution in [0.15, 0.2) is 0 Å². The molecule has 0 unspecified atom stereocenters. The molecule has 0 fully saturated rings. The minimum Gasteiger partial charge on any atom is -0.444 e. The lowest BCUT2D eigenvalue weighted by Crippen LogP contribution is -2.36. The molecular formula is C13H30N2O2. The normalized spacial score (nSPS) is 11.3. The SMILES string of the molecule is CC(C)N(C)C.CC(C)NC(=O)OC(C)(C)C. The van der Waals surface area contributed by atoms with Crippen molar-refractivity contribution >= 4 is 6.09 Å². The van der Waals surface area contributed by atoms with Crippen molar-refractivity contribution in [3.63, 3.8) is 0 Å². The van der Waals surface area contributed by atoms with Crippen LogP contribution in [0.25, 0.3) is 0 Å². The molecule has 4 nitrogen and oxygen atoms in total. The number of ether oxygens (including phenoxy) is 1. The second-order valence-electron chi connectivity index (χ2n) is 5.86. The standard InChI is InChI=1S/C8H17NO2.C5H13N/c1-6(2)9-7(10)11-8(3,4)5;1-5(2)6(3)4/h6H,1-5H3,(H,9,10);5H,1-4H3. The molecule has 0 atom stereocenters. The first-order valence-electron chi connectivity index (χ1n) is 6.11. The van der Waals surface area contributed by atoms with E-state index < -0.39 is 5.60 Å². The van der Waals surface area contributed by atoms with Crippen molar-refractivity contribution in [3.8, 4) is 0 Å². The van der Waals surface area contributed by atoms with Gasteiger partial charge in [0, 0.05) is 12.1 Å². The monoisotopic (exact) mass is 246 g/mol. The Kier molecular flexibility index (Phi) is 9.12. The van der Waals surface area contributed by atoms with E-state index in [-0.39, 0.29) is 12.1 Å². The van der Waals surface area contributed by atoms with Gasteiger partial charge in [-0.1, -0.05) is 0 Å².